The molecule has 0 spiro atoms. The average Bonchev–Trinajstić information content (AvgIpc) is 2.86. The minimum Gasteiger partial charge on any atom is -0.378 e. The van der Waals surface area contributed by atoms with Gasteiger partial charge in [-0.25, -0.2) is 10.3 Å². The van der Waals surface area contributed by atoms with Crippen molar-refractivity contribution in [3.8, 4) is 0 Å². The summed E-state index contributed by atoms with van der Waals surface area (Å²) < 4.78 is 39.9. The second-order valence-corrected chi connectivity index (χ2v) is 7.26. The number of nitrogens with one attached hydrogen (secondary N) is 1. The Morgan fingerprint density at radius 3 is 2.63 bits per heavy atom. The van der Waals surface area contributed by atoms with Crippen molar-refractivity contribution in [2.24, 2.45) is 0 Å². The Morgan fingerprint density at radius 1 is 1.26 bits per heavy atom. The van der Waals surface area contributed by atoms with Gasteiger partial charge in [0.1, 0.15) is 6.04 Å². The predicted molar refractivity (Wildman–Crippen MR) is 84.9 cm³/mol. The molecule has 2 N–H and O–H groups in total. The van der Waals surface area contributed by atoms with Crippen molar-refractivity contribution in [2.75, 3.05) is 39.5 Å². The summed E-state index contributed by atoms with van der Waals surface area (Å²) in [4.78, 5) is 44.1. The van der Waals surface area contributed by atoms with Crippen LogP contribution in [0.1, 0.15) is 12.8 Å². The smallest absolute Gasteiger partial charge is 0.378 e. The van der Waals surface area contributed by atoms with Crippen LogP contribution < -0.4 is 5.48 Å². The van der Waals surface area contributed by atoms with Crippen LogP contribution in [-0.2, 0) is 33.8 Å². The Hall–Kier alpha value is -2.00. The molecule has 2 bridgehead atoms. The lowest BCUT2D eigenvalue weighted by atomic mass is 10.0. The van der Waals surface area contributed by atoms with Crippen molar-refractivity contribution in [3.63, 3.8) is 0 Å². The van der Waals surface area contributed by atoms with Gasteiger partial charge in [0.15, 0.2) is 6.61 Å². The molecule has 152 valence electrons. The number of nitrogens with zero attached hydrogens (tertiary/aromatic N) is 3. The van der Waals surface area contributed by atoms with E-state index in [1.165, 1.54) is 0 Å². The fourth-order valence-electron chi connectivity index (χ4n) is 3.25. The molecule has 4 amide bonds. The number of hydrogen-bond acceptors (Lipinski definition) is 8. The zero-order chi connectivity index (χ0) is 19.6. The number of morpholine rings is 1. The molecule has 0 radical (unpaired) electrons. The third kappa shape index (κ3) is 4.65. The van der Waals surface area contributed by atoms with Crippen LogP contribution in [-0.4, -0.2) is 97.2 Å². The number of hydroxylamine groups is 3. The molecule has 3 heterocycles. The van der Waals surface area contributed by atoms with Gasteiger partial charge in [0, 0.05) is 19.6 Å². The van der Waals surface area contributed by atoms with E-state index in [0.717, 1.165) is 4.90 Å². The van der Waals surface area contributed by atoms with Crippen LogP contribution in [0.3, 0.4) is 0 Å². The lowest BCUT2D eigenvalue weighted by Gasteiger charge is -2.29. The molecule has 3 aliphatic heterocycles. The number of fused-ring (bicyclic) bond motifs is 2. The first-order valence-electron chi connectivity index (χ1n) is 8.30. The molecular formula is C13H20N4O9S. The predicted octanol–water partition coefficient (Wildman–Crippen LogP) is -2.10. The van der Waals surface area contributed by atoms with Gasteiger partial charge in [-0.3, -0.25) is 19.0 Å². The zero-order valence-electron chi connectivity index (χ0n) is 14.3. The lowest BCUT2D eigenvalue weighted by molar-refractivity contribution is -0.149. The van der Waals surface area contributed by atoms with Gasteiger partial charge in [0.25, 0.3) is 11.8 Å². The summed E-state index contributed by atoms with van der Waals surface area (Å²) in [5.74, 6) is -0.933. The van der Waals surface area contributed by atoms with E-state index < -0.39 is 34.4 Å². The fourth-order valence-corrected chi connectivity index (χ4v) is 3.63. The van der Waals surface area contributed by atoms with E-state index in [2.05, 4.69) is 9.76 Å². The standard InChI is InChI=1S/C13H20N4O9S/c18-11(15-3-5-24-6-4-15)8-25-14-12(19)10-2-1-9-7-16(10)13(20)17(9)26-27(21,22)23/h9-10H,1-8H2,(H,14,19)(H,21,22,23)/t9?,10-/m0/s1. The fraction of sp³-hybridized carbons (Fsp3) is 0.769. The number of carbonyl (C=O) groups excluding carboxylic acids is 3. The molecule has 3 fully saturated rings. The summed E-state index contributed by atoms with van der Waals surface area (Å²) in [5.41, 5.74) is 2.15. The summed E-state index contributed by atoms with van der Waals surface area (Å²) in [5, 5.41) is 0.547. The molecule has 14 heteroatoms. The lowest BCUT2D eigenvalue weighted by Crippen LogP contribution is -2.50. The molecular weight excluding hydrogens is 388 g/mol. The van der Waals surface area contributed by atoms with E-state index in [1.807, 2.05) is 0 Å². The van der Waals surface area contributed by atoms with E-state index in [9.17, 15) is 22.8 Å². The highest BCUT2D eigenvalue weighted by atomic mass is 32.3. The van der Waals surface area contributed by atoms with Gasteiger partial charge in [-0.2, -0.15) is 13.5 Å². The topological polar surface area (TPSA) is 155 Å². The molecule has 13 nitrogen and oxygen atoms in total. The second-order valence-electron chi connectivity index (χ2n) is 6.26. The Labute approximate surface area is 155 Å². The van der Waals surface area contributed by atoms with Gasteiger partial charge in [0.2, 0.25) is 0 Å². The molecule has 0 aromatic carbocycles. The van der Waals surface area contributed by atoms with Gasteiger partial charge in [0.05, 0.1) is 19.3 Å². The van der Waals surface area contributed by atoms with Gasteiger partial charge < -0.3 is 14.5 Å². The largest absolute Gasteiger partial charge is 0.418 e. The number of amides is 4. The summed E-state index contributed by atoms with van der Waals surface area (Å²) in [7, 11) is -4.85. The molecule has 27 heavy (non-hydrogen) atoms. The van der Waals surface area contributed by atoms with Crippen LogP contribution >= 0.6 is 0 Å². The number of carbonyl (C=O) groups is 3. The molecule has 3 rings (SSSR count). The van der Waals surface area contributed by atoms with E-state index in [-0.39, 0.29) is 25.5 Å². The maximum absolute atomic E-state index is 12.3. The average molecular weight is 408 g/mol. The first-order valence-corrected chi connectivity index (χ1v) is 9.67. The van der Waals surface area contributed by atoms with Crippen molar-refractivity contribution in [1.29, 1.82) is 0 Å². The first-order chi connectivity index (χ1) is 12.8. The maximum atomic E-state index is 12.3. The summed E-state index contributed by atoms with van der Waals surface area (Å²) in [6, 6.07) is -2.34. The number of rotatable bonds is 6. The number of ether oxygens (including phenoxy) is 1. The number of urea groups is 1. The SMILES string of the molecule is O=C(NOCC(=O)N1CCOCC1)[C@@H]1CCC2CN1C(=O)N2OS(=O)(=O)O. The van der Waals surface area contributed by atoms with Crippen LogP contribution in [0.15, 0.2) is 0 Å². The van der Waals surface area contributed by atoms with E-state index >= 15 is 0 Å². The van der Waals surface area contributed by atoms with Crippen molar-refractivity contribution >= 4 is 28.2 Å². The van der Waals surface area contributed by atoms with Crippen LogP contribution in [0, 0.1) is 0 Å². The van der Waals surface area contributed by atoms with Gasteiger partial charge in [-0.15, -0.1) is 4.28 Å². The van der Waals surface area contributed by atoms with E-state index in [4.69, 9.17) is 14.1 Å². The third-order valence-corrected chi connectivity index (χ3v) is 4.88. The molecule has 3 saturated heterocycles. The van der Waals surface area contributed by atoms with Gasteiger partial charge in [-0.05, 0) is 12.8 Å². The van der Waals surface area contributed by atoms with Crippen LogP contribution in [0.2, 0.25) is 0 Å². The first kappa shape index (κ1) is 19.8. The molecule has 2 atom stereocenters. The summed E-state index contributed by atoms with van der Waals surface area (Å²) in [6.45, 7) is 1.51. The van der Waals surface area contributed by atoms with E-state index in [1.54, 1.807) is 4.90 Å². The second kappa shape index (κ2) is 7.93. The van der Waals surface area contributed by atoms with E-state index in [0.29, 0.717) is 37.8 Å². The van der Waals surface area contributed by atoms with Crippen molar-refractivity contribution in [3.05, 3.63) is 0 Å². The summed E-state index contributed by atoms with van der Waals surface area (Å²) in [6.07, 6.45) is 0.539. The molecule has 0 aliphatic carbocycles. The minimum atomic E-state index is -4.85. The molecule has 0 aromatic heterocycles. The monoisotopic (exact) mass is 408 g/mol. The Balaban J connectivity index is 1.49. The quantitative estimate of drug-likeness (QED) is 0.371. The maximum Gasteiger partial charge on any atom is 0.418 e. The van der Waals surface area contributed by atoms with Crippen LogP contribution in [0.5, 0.6) is 0 Å². The Morgan fingerprint density at radius 2 is 1.96 bits per heavy atom. The highest BCUT2D eigenvalue weighted by Crippen LogP contribution is 2.30. The third-order valence-electron chi connectivity index (χ3n) is 4.53. The van der Waals surface area contributed by atoms with Crippen LogP contribution in [0.25, 0.3) is 0 Å². The zero-order valence-corrected chi connectivity index (χ0v) is 15.1. The number of piperidine rings is 1. The van der Waals surface area contributed by atoms with Crippen molar-refractivity contribution in [2.45, 2.75) is 24.9 Å². The van der Waals surface area contributed by atoms with Gasteiger partial charge in [-0.1, -0.05) is 0 Å². The Bertz CT molecular complexity index is 709. The number of hydrogen-bond donors (Lipinski definition) is 2. The molecule has 0 aromatic rings. The summed E-state index contributed by atoms with van der Waals surface area (Å²) >= 11 is 0. The normalized spacial score (nSPS) is 25.7. The molecule has 0 saturated carbocycles. The highest BCUT2D eigenvalue weighted by Gasteiger charge is 2.49. The van der Waals surface area contributed by atoms with Gasteiger partial charge >= 0.3 is 16.4 Å². The Kier molecular flexibility index (Phi) is 5.81. The molecule has 1 unspecified atom stereocenters. The molecule has 3 aliphatic rings. The van der Waals surface area contributed by atoms with Crippen molar-refractivity contribution < 1.29 is 41.2 Å². The highest BCUT2D eigenvalue weighted by molar-refractivity contribution is 7.80. The minimum absolute atomic E-state index is 0.0686. The van der Waals surface area contributed by atoms with Crippen molar-refractivity contribution in [1.82, 2.24) is 20.3 Å². The van der Waals surface area contributed by atoms with Crippen LogP contribution in [0.4, 0.5) is 4.79 Å².